The molecule has 0 spiro atoms. The standard InChI is InChI=1S/C23H25N7O3/c1-13(2)30-12-15(6-8-19(30)31)17-11-26-21(24)20(27-17)23-29-28-22(33-23)16-7-5-14(10-25-3)9-18(16)32-4/h5-9,11-13,25H,10H2,1-4H3,(H2,24,26). The zero-order valence-corrected chi connectivity index (χ0v) is 18.9. The second-order valence-electron chi connectivity index (χ2n) is 7.72. The van der Waals surface area contributed by atoms with Crippen LogP contribution < -0.4 is 21.3 Å². The van der Waals surface area contributed by atoms with Crippen molar-refractivity contribution in [2.45, 2.75) is 26.4 Å². The van der Waals surface area contributed by atoms with E-state index in [9.17, 15) is 4.79 Å². The van der Waals surface area contributed by atoms with Crippen molar-refractivity contribution in [3.63, 3.8) is 0 Å². The van der Waals surface area contributed by atoms with Crippen LogP contribution in [0.5, 0.6) is 5.75 Å². The number of methoxy groups -OCH3 is 1. The summed E-state index contributed by atoms with van der Waals surface area (Å²) in [6.45, 7) is 4.57. The molecule has 10 heteroatoms. The molecule has 3 aromatic heterocycles. The fourth-order valence-electron chi connectivity index (χ4n) is 3.41. The van der Waals surface area contributed by atoms with Gasteiger partial charge in [0.2, 0.25) is 0 Å². The Balaban J connectivity index is 1.72. The van der Waals surface area contributed by atoms with E-state index in [2.05, 4.69) is 25.5 Å². The number of aromatic nitrogens is 5. The van der Waals surface area contributed by atoms with E-state index >= 15 is 0 Å². The summed E-state index contributed by atoms with van der Waals surface area (Å²) in [5.41, 5.74) is 9.21. The van der Waals surface area contributed by atoms with Crippen molar-refractivity contribution in [3.8, 4) is 40.0 Å². The van der Waals surface area contributed by atoms with Gasteiger partial charge in [0.1, 0.15) is 5.75 Å². The number of pyridine rings is 1. The van der Waals surface area contributed by atoms with Gasteiger partial charge in [0.05, 0.1) is 24.6 Å². The fraction of sp³-hybridized carbons (Fsp3) is 0.261. The molecule has 0 radical (unpaired) electrons. The van der Waals surface area contributed by atoms with Crippen LogP contribution in [0.1, 0.15) is 25.5 Å². The van der Waals surface area contributed by atoms with Crippen LogP contribution in [-0.2, 0) is 6.54 Å². The Labute approximate surface area is 190 Å². The average molecular weight is 447 g/mol. The molecule has 0 bridgehead atoms. The highest BCUT2D eigenvalue weighted by Gasteiger charge is 2.19. The van der Waals surface area contributed by atoms with Crippen LogP contribution >= 0.6 is 0 Å². The van der Waals surface area contributed by atoms with Crippen LogP contribution in [0.3, 0.4) is 0 Å². The molecule has 0 unspecified atom stereocenters. The molecule has 4 rings (SSSR count). The van der Waals surface area contributed by atoms with Crippen molar-refractivity contribution in [1.29, 1.82) is 0 Å². The number of nitrogens with two attached hydrogens (primary N) is 1. The van der Waals surface area contributed by atoms with E-state index in [0.717, 1.165) is 11.1 Å². The Morgan fingerprint density at radius 2 is 1.97 bits per heavy atom. The van der Waals surface area contributed by atoms with E-state index in [4.69, 9.17) is 14.9 Å². The molecule has 0 saturated heterocycles. The Hall–Kier alpha value is -4.05. The lowest BCUT2D eigenvalue weighted by atomic mass is 10.1. The third kappa shape index (κ3) is 4.46. The normalized spacial score (nSPS) is 11.2. The quantitative estimate of drug-likeness (QED) is 0.438. The number of hydrogen-bond acceptors (Lipinski definition) is 9. The molecule has 0 fully saturated rings. The number of hydrogen-bond donors (Lipinski definition) is 2. The number of benzene rings is 1. The third-order valence-electron chi connectivity index (χ3n) is 5.10. The Bertz CT molecular complexity index is 1340. The van der Waals surface area contributed by atoms with Gasteiger partial charge in [0.25, 0.3) is 17.3 Å². The Morgan fingerprint density at radius 1 is 1.18 bits per heavy atom. The van der Waals surface area contributed by atoms with Crippen LogP contribution in [0.25, 0.3) is 34.3 Å². The minimum atomic E-state index is -0.0893. The van der Waals surface area contributed by atoms with E-state index in [1.165, 1.54) is 6.07 Å². The molecule has 3 heterocycles. The first kappa shape index (κ1) is 22.2. The highest BCUT2D eigenvalue weighted by Crippen LogP contribution is 2.33. The van der Waals surface area contributed by atoms with Crippen molar-refractivity contribution < 1.29 is 9.15 Å². The molecule has 3 N–H and O–H groups in total. The SMILES string of the molecule is CNCc1ccc(-c2nnc(-c3nc(-c4ccc(=O)n(C(C)C)c4)cnc3N)o2)c(OC)c1. The lowest BCUT2D eigenvalue weighted by molar-refractivity contribution is 0.413. The van der Waals surface area contributed by atoms with Gasteiger partial charge in [-0.3, -0.25) is 4.79 Å². The molecular formula is C23H25N7O3. The van der Waals surface area contributed by atoms with Gasteiger partial charge in [-0.2, -0.15) is 0 Å². The number of rotatable bonds is 7. The zero-order chi connectivity index (χ0) is 23.5. The lowest BCUT2D eigenvalue weighted by Gasteiger charge is -2.11. The summed E-state index contributed by atoms with van der Waals surface area (Å²) in [7, 11) is 3.46. The Morgan fingerprint density at radius 3 is 2.70 bits per heavy atom. The maximum atomic E-state index is 12.1. The third-order valence-corrected chi connectivity index (χ3v) is 5.10. The molecule has 1 aromatic carbocycles. The van der Waals surface area contributed by atoms with E-state index < -0.39 is 0 Å². The molecule has 10 nitrogen and oxygen atoms in total. The average Bonchev–Trinajstić information content (AvgIpc) is 3.29. The zero-order valence-electron chi connectivity index (χ0n) is 18.9. The lowest BCUT2D eigenvalue weighted by Crippen LogP contribution is -2.20. The van der Waals surface area contributed by atoms with E-state index in [1.54, 1.807) is 30.1 Å². The van der Waals surface area contributed by atoms with Gasteiger partial charge in [0.15, 0.2) is 11.5 Å². The second kappa shape index (κ2) is 9.21. The molecule has 0 amide bonds. The van der Waals surface area contributed by atoms with Crippen molar-refractivity contribution in [3.05, 3.63) is 58.6 Å². The van der Waals surface area contributed by atoms with Crippen LogP contribution in [0.2, 0.25) is 0 Å². The maximum Gasteiger partial charge on any atom is 0.270 e. The number of nitrogen functional groups attached to an aromatic ring is 1. The summed E-state index contributed by atoms with van der Waals surface area (Å²) >= 11 is 0. The number of ether oxygens (including phenoxy) is 1. The molecule has 0 aliphatic carbocycles. The van der Waals surface area contributed by atoms with Crippen LogP contribution in [-0.4, -0.2) is 38.9 Å². The first-order valence-electron chi connectivity index (χ1n) is 10.4. The minimum absolute atomic E-state index is 0.00614. The number of anilines is 1. The molecule has 33 heavy (non-hydrogen) atoms. The van der Waals surface area contributed by atoms with Gasteiger partial charge < -0.3 is 24.8 Å². The van der Waals surface area contributed by atoms with Crippen molar-refractivity contribution in [1.82, 2.24) is 30.0 Å². The van der Waals surface area contributed by atoms with Crippen LogP contribution in [0.15, 0.2) is 51.9 Å². The Kier molecular flexibility index (Phi) is 6.18. The van der Waals surface area contributed by atoms with Crippen molar-refractivity contribution >= 4 is 5.82 Å². The van der Waals surface area contributed by atoms with Gasteiger partial charge in [-0.25, -0.2) is 9.97 Å². The van der Waals surface area contributed by atoms with Gasteiger partial charge >= 0.3 is 0 Å². The number of nitrogens with zero attached hydrogens (tertiary/aromatic N) is 5. The molecular weight excluding hydrogens is 422 g/mol. The largest absolute Gasteiger partial charge is 0.496 e. The molecule has 170 valence electrons. The van der Waals surface area contributed by atoms with Crippen LogP contribution in [0, 0.1) is 0 Å². The highest BCUT2D eigenvalue weighted by molar-refractivity contribution is 5.69. The first-order valence-corrected chi connectivity index (χ1v) is 10.4. The molecule has 0 aliphatic heterocycles. The van der Waals surface area contributed by atoms with E-state index in [0.29, 0.717) is 23.6 Å². The molecule has 0 aliphatic rings. The molecule has 4 aromatic rings. The van der Waals surface area contributed by atoms with Crippen LogP contribution in [0.4, 0.5) is 5.82 Å². The summed E-state index contributed by atoms with van der Waals surface area (Å²) in [6.07, 6.45) is 3.29. The predicted molar refractivity (Wildman–Crippen MR) is 125 cm³/mol. The second-order valence-corrected chi connectivity index (χ2v) is 7.72. The fourth-order valence-corrected chi connectivity index (χ4v) is 3.41. The monoisotopic (exact) mass is 447 g/mol. The molecule has 0 atom stereocenters. The summed E-state index contributed by atoms with van der Waals surface area (Å²) in [6, 6.07) is 8.93. The maximum absolute atomic E-state index is 12.1. The van der Waals surface area contributed by atoms with Gasteiger partial charge in [-0.1, -0.05) is 6.07 Å². The summed E-state index contributed by atoms with van der Waals surface area (Å²) in [5.74, 6) is 1.18. The topological polar surface area (TPSA) is 134 Å². The summed E-state index contributed by atoms with van der Waals surface area (Å²) < 4.78 is 13.0. The minimum Gasteiger partial charge on any atom is -0.496 e. The van der Waals surface area contributed by atoms with Crippen molar-refractivity contribution in [2.24, 2.45) is 0 Å². The summed E-state index contributed by atoms with van der Waals surface area (Å²) in [4.78, 5) is 20.9. The summed E-state index contributed by atoms with van der Waals surface area (Å²) in [5, 5.41) is 11.4. The smallest absolute Gasteiger partial charge is 0.270 e. The number of nitrogens with one attached hydrogen (secondary N) is 1. The van der Waals surface area contributed by atoms with E-state index in [1.807, 2.05) is 39.1 Å². The molecule has 0 saturated carbocycles. The predicted octanol–water partition coefficient (Wildman–Crippen LogP) is 2.91. The van der Waals surface area contributed by atoms with Gasteiger partial charge in [0, 0.05) is 30.4 Å². The van der Waals surface area contributed by atoms with E-state index in [-0.39, 0.29) is 34.9 Å². The highest BCUT2D eigenvalue weighted by atomic mass is 16.5. The first-order chi connectivity index (χ1) is 15.9. The van der Waals surface area contributed by atoms with Gasteiger partial charge in [-0.15, -0.1) is 10.2 Å². The van der Waals surface area contributed by atoms with Gasteiger partial charge in [-0.05, 0) is 44.7 Å². The van der Waals surface area contributed by atoms with Crippen molar-refractivity contribution in [2.75, 3.05) is 19.9 Å².